The number of nitrogens with zero attached hydrogens (tertiary/aromatic N) is 1. The lowest BCUT2D eigenvalue weighted by atomic mass is 10.2. The molecule has 4 heteroatoms. The first-order valence-electron chi connectivity index (χ1n) is 2.59. The summed E-state index contributed by atoms with van der Waals surface area (Å²) in [6.45, 7) is 1.70. The third-order valence-electron chi connectivity index (χ3n) is 0.945. The first-order valence-corrected chi connectivity index (χ1v) is 2.59. The smallest absolute Gasteiger partial charge is 0.326 e. The molecule has 2 N–H and O–H groups in total. The molecular formula is C5H8N2O2. The lowest BCUT2D eigenvalue weighted by molar-refractivity contribution is -0.139. The van der Waals surface area contributed by atoms with Crippen LogP contribution in [0.3, 0.4) is 0 Å². The molecule has 0 saturated heterocycles. The normalized spacial score (nSPS) is 11.6. The van der Waals surface area contributed by atoms with E-state index < -0.39 is 12.0 Å². The van der Waals surface area contributed by atoms with Gasteiger partial charge in [-0.1, -0.05) is 6.92 Å². The number of nitriles is 1. The molecule has 0 aliphatic rings. The Morgan fingerprint density at radius 3 is 2.67 bits per heavy atom. The zero-order valence-corrected chi connectivity index (χ0v) is 5.09. The number of carboxylic acids is 1. The van der Waals surface area contributed by atoms with Crippen LogP contribution in [-0.2, 0) is 4.79 Å². The van der Waals surface area contributed by atoms with E-state index in [1.165, 1.54) is 0 Å². The Bertz CT molecular complexity index is 138. The zero-order chi connectivity index (χ0) is 7.28. The third kappa shape index (κ3) is 2.54. The quantitative estimate of drug-likeness (QED) is 0.412. The van der Waals surface area contributed by atoms with Gasteiger partial charge in [0.05, 0.1) is 0 Å². The van der Waals surface area contributed by atoms with E-state index in [-0.39, 0.29) is 0 Å². The van der Waals surface area contributed by atoms with Gasteiger partial charge in [-0.05, 0) is 6.42 Å². The van der Waals surface area contributed by atoms with Crippen molar-refractivity contribution in [3.8, 4) is 6.19 Å². The summed E-state index contributed by atoms with van der Waals surface area (Å²) in [5.41, 5.74) is 0. The largest absolute Gasteiger partial charge is 0.480 e. The maximum absolute atomic E-state index is 10.1. The number of carboxylic acid groups (broad SMARTS) is 1. The SMILES string of the molecule is CCC(NC#N)C(=O)O. The number of nitrogens with one attached hydrogen (secondary N) is 1. The Morgan fingerprint density at radius 1 is 2.00 bits per heavy atom. The Labute approximate surface area is 53.1 Å². The van der Waals surface area contributed by atoms with Crippen molar-refractivity contribution in [3.05, 3.63) is 0 Å². The predicted octanol–water partition coefficient (Wildman–Crippen LogP) is -0.0797. The molecule has 0 fully saturated rings. The molecule has 0 bridgehead atoms. The highest BCUT2D eigenvalue weighted by molar-refractivity contribution is 5.73. The average molecular weight is 128 g/mol. The second kappa shape index (κ2) is 3.72. The summed E-state index contributed by atoms with van der Waals surface area (Å²) in [5, 5.41) is 18.4. The Morgan fingerprint density at radius 2 is 2.56 bits per heavy atom. The van der Waals surface area contributed by atoms with Crippen LogP contribution in [0, 0.1) is 11.5 Å². The van der Waals surface area contributed by atoms with Gasteiger partial charge in [0.15, 0.2) is 6.19 Å². The van der Waals surface area contributed by atoms with Gasteiger partial charge in [0.2, 0.25) is 0 Å². The number of hydrogen-bond acceptors (Lipinski definition) is 3. The van der Waals surface area contributed by atoms with Gasteiger partial charge in [-0.2, -0.15) is 5.26 Å². The van der Waals surface area contributed by atoms with Crippen LogP contribution in [0.1, 0.15) is 13.3 Å². The topological polar surface area (TPSA) is 73.1 Å². The van der Waals surface area contributed by atoms with Crippen LogP contribution in [0.2, 0.25) is 0 Å². The molecule has 0 spiro atoms. The van der Waals surface area contributed by atoms with Crippen LogP contribution in [0.25, 0.3) is 0 Å². The van der Waals surface area contributed by atoms with Crippen LogP contribution < -0.4 is 5.32 Å². The molecule has 1 atom stereocenters. The van der Waals surface area contributed by atoms with E-state index in [4.69, 9.17) is 10.4 Å². The van der Waals surface area contributed by atoms with E-state index in [9.17, 15) is 4.79 Å². The van der Waals surface area contributed by atoms with Gasteiger partial charge in [-0.3, -0.25) is 0 Å². The molecule has 1 unspecified atom stereocenters. The number of rotatable bonds is 3. The van der Waals surface area contributed by atoms with E-state index in [0.717, 1.165) is 0 Å². The highest BCUT2D eigenvalue weighted by atomic mass is 16.4. The third-order valence-corrected chi connectivity index (χ3v) is 0.945. The minimum absolute atomic E-state index is 0.420. The maximum Gasteiger partial charge on any atom is 0.326 e. The Balaban J connectivity index is 3.71. The predicted molar refractivity (Wildman–Crippen MR) is 30.5 cm³/mol. The first kappa shape index (κ1) is 7.76. The van der Waals surface area contributed by atoms with Crippen molar-refractivity contribution in [3.63, 3.8) is 0 Å². The van der Waals surface area contributed by atoms with Crippen LogP contribution in [0.5, 0.6) is 0 Å². The number of hydrogen-bond donors (Lipinski definition) is 2. The minimum atomic E-state index is -0.987. The average Bonchev–Trinajstić information content (AvgIpc) is 1.82. The fourth-order valence-electron chi connectivity index (χ4n) is 0.416. The molecule has 50 valence electrons. The molecular weight excluding hydrogens is 120 g/mol. The minimum Gasteiger partial charge on any atom is -0.480 e. The van der Waals surface area contributed by atoms with Gasteiger partial charge in [0.1, 0.15) is 6.04 Å². The highest BCUT2D eigenvalue weighted by Crippen LogP contribution is 1.87. The molecule has 0 amide bonds. The Kier molecular flexibility index (Phi) is 3.21. The summed E-state index contributed by atoms with van der Waals surface area (Å²) >= 11 is 0. The molecule has 0 aliphatic carbocycles. The van der Waals surface area contributed by atoms with Crippen molar-refractivity contribution in [1.29, 1.82) is 5.26 Å². The number of carbonyl (C=O) groups is 1. The van der Waals surface area contributed by atoms with Crippen molar-refractivity contribution in [1.82, 2.24) is 5.32 Å². The fraction of sp³-hybridized carbons (Fsp3) is 0.600. The van der Waals surface area contributed by atoms with Crippen LogP contribution in [0.15, 0.2) is 0 Å². The monoisotopic (exact) mass is 128 g/mol. The van der Waals surface area contributed by atoms with Gasteiger partial charge >= 0.3 is 5.97 Å². The van der Waals surface area contributed by atoms with E-state index in [1.807, 2.05) is 0 Å². The first-order chi connectivity index (χ1) is 4.22. The van der Waals surface area contributed by atoms with Gasteiger partial charge < -0.3 is 10.4 Å². The highest BCUT2D eigenvalue weighted by Gasteiger charge is 2.11. The van der Waals surface area contributed by atoms with Gasteiger partial charge in [-0.25, -0.2) is 4.79 Å². The van der Waals surface area contributed by atoms with E-state index in [1.54, 1.807) is 13.1 Å². The van der Waals surface area contributed by atoms with Crippen molar-refractivity contribution < 1.29 is 9.90 Å². The van der Waals surface area contributed by atoms with Crippen molar-refractivity contribution >= 4 is 5.97 Å². The molecule has 9 heavy (non-hydrogen) atoms. The Hall–Kier alpha value is -1.24. The molecule has 0 aromatic heterocycles. The van der Waals surface area contributed by atoms with Crippen molar-refractivity contribution in [2.75, 3.05) is 0 Å². The summed E-state index contributed by atoms with van der Waals surface area (Å²) in [6.07, 6.45) is 1.99. The lowest BCUT2D eigenvalue weighted by Gasteiger charge is -2.03. The summed E-state index contributed by atoms with van der Waals surface area (Å²) < 4.78 is 0. The molecule has 4 nitrogen and oxygen atoms in total. The second-order valence-electron chi connectivity index (χ2n) is 1.56. The van der Waals surface area contributed by atoms with Crippen LogP contribution in [-0.4, -0.2) is 17.1 Å². The maximum atomic E-state index is 10.1. The standard InChI is InChI=1S/C5H8N2O2/c1-2-4(5(8)9)7-3-6/h4,7H,2H2,1H3,(H,8,9). The molecule has 0 aromatic rings. The molecule has 0 heterocycles. The molecule has 0 radical (unpaired) electrons. The molecule has 0 saturated carbocycles. The fourth-order valence-corrected chi connectivity index (χ4v) is 0.416. The van der Waals surface area contributed by atoms with Gasteiger partial charge in [0.25, 0.3) is 0 Å². The van der Waals surface area contributed by atoms with Crippen molar-refractivity contribution in [2.24, 2.45) is 0 Å². The summed E-state index contributed by atoms with van der Waals surface area (Å²) in [4.78, 5) is 10.1. The number of aliphatic carboxylic acids is 1. The van der Waals surface area contributed by atoms with E-state index in [0.29, 0.717) is 6.42 Å². The van der Waals surface area contributed by atoms with Crippen molar-refractivity contribution in [2.45, 2.75) is 19.4 Å². The second-order valence-corrected chi connectivity index (χ2v) is 1.56. The van der Waals surface area contributed by atoms with E-state index in [2.05, 4.69) is 5.32 Å². The summed E-state index contributed by atoms with van der Waals surface area (Å²) in [7, 11) is 0. The van der Waals surface area contributed by atoms with Crippen LogP contribution in [0.4, 0.5) is 0 Å². The van der Waals surface area contributed by atoms with Gasteiger partial charge in [0, 0.05) is 0 Å². The molecule has 0 rings (SSSR count). The summed E-state index contributed by atoms with van der Waals surface area (Å²) in [6, 6.07) is -0.727. The zero-order valence-electron chi connectivity index (χ0n) is 5.09. The molecule has 0 aliphatic heterocycles. The lowest BCUT2D eigenvalue weighted by Crippen LogP contribution is -2.32. The molecule has 0 aromatic carbocycles. The van der Waals surface area contributed by atoms with E-state index >= 15 is 0 Å². The van der Waals surface area contributed by atoms with Gasteiger partial charge in [-0.15, -0.1) is 0 Å². The van der Waals surface area contributed by atoms with Crippen LogP contribution >= 0.6 is 0 Å². The summed E-state index contributed by atoms with van der Waals surface area (Å²) in [5.74, 6) is -0.987.